The maximum atomic E-state index is 13.4. The molecule has 1 atom stereocenters. The van der Waals surface area contributed by atoms with Crippen molar-refractivity contribution in [2.24, 2.45) is 22.8 Å². The van der Waals surface area contributed by atoms with Crippen LogP contribution in [-0.2, 0) is 17.8 Å². The quantitative estimate of drug-likeness (QED) is 0.0614. The summed E-state index contributed by atoms with van der Waals surface area (Å²) in [6, 6.07) is 24.2. The van der Waals surface area contributed by atoms with E-state index in [1.54, 1.807) is 29.2 Å². The van der Waals surface area contributed by atoms with Gasteiger partial charge in [0, 0.05) is 60.1 Å². The van der Waals surface area contributed by atoms with E-state index >= 15 is 0 Å². The number of aliphatic hydroxyl groups is 1. The van der Waals surface area contributed by atoms with E-state index in [2.05, 4.69) is 20.1 Å². The molecule has 4 aromatic carbocycles. The number of ketones is 1. The Labute approximate surface area is 391 Å². The summed E-state index contributed by atoms with van der Waals surface area (Å²) in [5.41, 5.74) is 12.6. The third-order valence-corrected chi connectivity index (χ3v) is 12.1. The number of aliphatic hydroxyl groups excluding tert-OH is 1. The van der Waals surface area contributed by atoms with Gasteiger partial charge in [-0.15, -0.1) is 0 Å². The first-order valence-corrected chi connectivity index (χ1v) is 22.2. The van der Waals surface area contributed by atoms with Gasteiger partial charge in [0.25, 0.3) is 5.91 Å². The zero-order valence-electron chi connectivity index (χ0n) is 36.1. The highest BCUT2D eigenvalue weighted by Crippen LogP contribution is 2.38. The predicted octanol–water partition coefficient (Wildman–Crippen LogP) is 8.01. The fourth-order valence-corrected chi connectivity index (χ4v) is 8.58. The van der Waals surface area contributed by atoms with E-state index in [-0.39, 0.29) is 47.9 Å². The summed E-state index contributed by atoms with van der Waals surface area (Å²) in [7, 11) is 0. The molecule has 3 heterocycles. The van der Waals surface area contributed by atoms with E-state index in [1.807, 2.05) is 36.7 Å². The standard InChI is InChI=1S/C26H28ClFN4O3.C22H25ClFN3O4/c27-20-5-8-23(22(15-20)30-25(29)34)35-17-24(33)32-13-9-26(10-14-32,18-31-11-1-2-12-31)16-19-3-6-21(28)7-4-19;23-16-3-6-20(19(11-16)26-22(25)30)31-13-18(28)12-27-9-7-15(8-10-27)21(29)14-1-4-17(24)5-2-14/h1-8,11-12,15H,9-10,13-14,16-18H2,(H3,29,30,34);1-6,11,15,18,28H,7-10,12-13H2,(H3,25,26,30). The van der Waals surface area contributed by atoms with Gasteiger partial charge in [0.05, 0.1) is 11.4 Å². The molecule has 14 nitrogen and oxygen atoms in total. The van der Waals surface area contributed by atoms with Crippen LogP contribution >= 0.6 is 23.2 Å². The second kappa shape index (κ2) is 23.3. The van der Waals surface area contributed by atoms with Crippen LogP contribution in [0.5, 0.6) is 11.5 Å². The summed E-state index contributed by atoms with van der Waals surface area (Å²) >= 11 is 11.9. The topological polar surface area (TPSA) is 194 Å². The van der Waals surface area contributed by atoms with Crippen molar-refractivity contribution < 1.29 is 42.5 Å². The number of anilines is 2. The summed E-state index contributed by atoms with van der Waals surface area (Å²) in [4.78, 5) is 51.7. The fraction of sp³-hybridized carbons (Fsp3) is 0.333. The lowest BCUT2D eigenvalue weighted by atomic mass is 9.73. The van der Waals surface area contributed by atoms with Crippen LogP contribution in [0.4, 0.5) is 29.7 Å². The molecule has 0 spiro atoms. The van der Waals surface area contributed by atoms with E-state index in [0.717, 1.165) is 31.4 Å². The molecule has 66 heavy (non-hydrogen) atoms. The van der Waals surface area contributed by atoms with Gasteiger partial charge in [0.1, 0.15) is 35.8 Å². The highest BCUT2D eigenvalue weighted by molar-refractivity contribution is 6.31. The van der Waals surface area contributed by atoms with Crippen LogP contribution < -0.4 is 31.6 Å². The van der Waals surface area contributed by atoms with Crippen molar-refractivity contribution in [3.63, 3.8) is 0 Å². The van der Waals surface area contributed by atoms with E-state index < -0.39 is 18.2 Å². The Bertz CT molecular complexity index is 2410. The lowest BCUT2D eigenvalue weighted by molar-refractivity contribution is -0.135. The first-order valence-electron chi connectivity index (χ1n) is 21.4. The molecule has 5 amide bonds. The first kappa shape index (κ1) is 49.2. The van der Waals surface area contributed by atoms with Crippen LogP contribution in [0.25, 0.3) is 0 Å². The highest BCUT2D eigenvalue weighted by atomic mass is 35.5. The van der Waals surface area contributed by atoms with Gasteiger partial charge < -0.3 is 51.0 Å². The fourth-order valence-electron chi connectivity index (χ4n) is 8.23. The molecule has 1 aromatic heterocycles. The van der Waals surface area contributed by atoms with Crippen molar-refractivity contribution in [2.45, 2.75) is 44.8 Å². The number of nitrogens with zero attached hydrogens (tertiary/aromatic N) is 3. The third kappa shape index (κ3) is 14.7. The van der Waals surface area contributed by atoms with E-state index in [1.165, 1.54) is 48.5 Å². The van der Waals surface area contributed by atoms with Gasteiger partial charge >= 0.3 is 12.1 Å². The number of primary amides is 2. The molecule has 2 fully saturated rings. The molecular formula is C48H53Cl2F2N7O7. The SMILES string of the molecule is NC(=O)Nc1cc(Cl)ccc1OCC(=O)N1CCC(Cc2ccc(F)cc2)(Cn2cccc2)CC1.NC(=O)Nc1cc(Cl)ccc1OCC(O)CN1CCC(C(=O)c2ccc(F)cc2)CC1. The van der Waals surface area contributed by atoms with Gasteiger partial charge in [-0.25, -0.2) is 18.4 Å². The van der Waals surface area contributed by atoms with Crippen LogP contribution in [-0.4, -0.2) is 95.3 Å². The van der Waals surface area contributed by atoms with Gasteiger partial charge in [0.15, 0.2) is 12.4 Å². The van der Waals surface area contributed by atoms with E-state index in [0.29, 0.717) is 84.0 Å². The van der Waals surface area contributed by atoms with Gasteiger partial charge in [-0.1, -0.05) is 35.3 Å². The maximum Gasteiger partial charge on any atom is 0.316 e. The number of likely N-dealkylation sites (tertiary alicyclic amines) is 2. The molecule has 2 aliphatic heterocycles. The number of Topliss-reactive ketones (excluding diaryl/α,β-unsaturated/α-hetero) is 1. The number of aromatic nitrogens is 1. The largest absolute Gasteiger partial charge is 0.489 e. The lowest BCUT2D eigenvalue weighted by Crippen LogP contribution is -2.47. The summed E-state index contributed by atoms with van der Waals surface area (Å²) in [6.07, 6.45) is 7.09. The highest BCUT2D eigenvalue weighted by Gasteiger charge is 2.37. The summed E-state index contributed by atoms with van der Waals surface area (Å²) in [6.45, 7) is 3.59. The molecule has 1 unspecified atom stereocenters. The number of hydrogen-bond acceptors (Lipinski definition) is 8. The number of amides is 5. The predicted molar refractivity (Wildman–Crippen MR) is 249 cm³/mol. The smallest absolute Gasteiger partial charge is 0.316 e. The molecule has 0 bridgehead atoms. The average molecular weight is 949 g/mol. The van der Waals surface area contributed by atoms with Gasteiger partial charge in [0.2, 0.25) is 0 Å². The number of urea groups is 2. The van der Waals surface area contributed by atoms with Crippen molar-refractivity contribution in [3.8, 4) is 11.5 Å². The molecule has 7 rings (SSSR count). The molecule has 18 heteroatoms. The number of nitrogens with one attached hydrogen (secondary N) is 2. The Morgan fingerprint density at radius 2 is 1.29 bits per heavy atom. The van der Waals surface area contributed by atoms with Crippen LogP contribution in [0.3, 0.4) is 0 Å². The number of benzene rings is 4. The van der Waals surface area contributed by atoms with Crippen LogP contribution in [0.2, 0.25) is 10.0 Å². The van der Waals surface area contributed by atoms with Crippen molar-refractivity contribution in [3.05, 3.63) is 142 Å². The Morgan fingerprint density at radius 3 is 1.83 bits per heavy atom. The van der Waals surface area contributed by atoms with Crippen LogP contribution in [0.1, 0.15) is 41.6 Å². The number of β-amino-alcohol motifs (C(OH)–C–C–N with tert-alkyl or cyclic N) is 1. The van der Waals surface area contributed by atoms with E-state index in [9.17, 15) is 33.1 Å². The number of carbonyl (C=O) groups is 4. The molecule has 5 aromatic rings. The molecule has 0 saturated carbocycles. The molecule has 2 saturated heterocycles. The zero-order chi connectivity index (χ0) is 47.2. The van der Waals surface area contributed by atoms with Crippen LogP contribution in [0, 0.1) is 23.0 Å². The summed E-state index contributed by atoms with van der Waals surface area (Å²) in [5.74, 6) is -0.154. The Hall–Kier alpha value is -6.20. The third-order valence-electron chi connectivity index (χ3n) is 11.6. The number of piperidine rings is 2. The normalized spacial score (nSPS) is 15.4. The molecule has 7 N–H and O–H groups in total. The number of nitrogens with two attached hydrogens (primary N) is 2. The molecule has 2 aliphatic rings. The maximum absolute atomic E-state index is 13.4. The van der Waals surface area contributed by atoms with Gasteiger partial charge in [-0.05, 0) is 141 Å². The number of carbonyl (C=O) groups excluding carboxylic acids is 4. The second-order valence-electron chi connectivity index (χ2n) is 16.5. The Morgan fingerprint density at radius 1 is 0.758 bits per heavy atom. The average Bonchev–Trinajstić information content (AvgIpc) is 3.80. The zero-order valence-corrected chi connectivity index (χ0v) is 37.7. The second-order valence-corrected chi connectivity index (χ2v) is 17.4. The minimum atomic E-state index is -0.763. The van der Waals surface area contributed by atoms with Crippen molar-refractivity contribution in [2.75, 3.05) is 56.6 Å². The van der Waals surface area contributed by atoms with Gasteiger partial charge in [-0.2, -0.15) is 0 Å². The number of hydrogen-bond donors (Lipinski definition) is 5. The van der Waals surface area contributed by atoms with E-state index in [4.69, 9.17) is 44.1 Å². The van der Waals surface area contributed by atoms with Crippen LogP contribution in [0.15, 0.2) is 109 Å². The van der Waals surface area contributed by atoms with Crippen molar-refractivity contribution in [1.29, 1.82) is 0 Å². The minimum absolute atomic E-state index is 0.0174. The Kier molecular flexibility index (Phi) is 17.4. The minimum Gasteiger partial charge on any atom is -0.489 e. The monoisotopic (exact) mass is 947 g/mol. The van der Waals surface area contributed by atoms with Crippen molar-refractivity contribution >= 4 is 58.3 Å². The first-order chi connectivity index (χ1) is 31.6. The summed E-state index contributed by atoms with van der Waals surface area (Å²) < 4.78 is 40.0. The molecular weight excluding hydrogens is 895 g/mol. The number of rotatable bonds is 16. The van der Waals surface area contributed by atoms with Crippen molar-refractivity contribution in [1.82, 2.24) is 14.4 Å². The summed E-state index contributed by atoms with van der Waals surface area (Å²) in [5, 5.41) is 16.1. The Balaban J connectivity index is 0.000000220. The van der Waals surface area contributed by atoms with Gasteiger partial charge in [-0.3, -0.25) is 9.59 Å². The molecule has 350 valence electrons. The molecule has 0 radical (unpaired) electrons. The number of ether oxygens (including phenoxy) is 2. The molecule has 0 aliphatic carbocycles. The lowest BCUT2D eigenvalue weighted by Gasteiger charge is -2.42. The number of halogens is 4.